The molecule has 0 fully saturated rings. The van der Waals surface area contributed by atoms with E-state index in [1.54, 1.807) is 18.3 Å². The van der Waals surface area contributed by atoms with E-state index in [0.29, 0.717) is 28.9 Å². The van der Waals surface area contributed by atoms with Gasteiger partial charge in [-0.05, 0) is 57.1 Å². The van der Waals surface area contributed by atoms with Crippen molar-refractivity contribution in [1.29, 1.82) is 0 Å². The number of hydrogen-bond acceptors (Lipinski definition) is 8. The molecule has 0 atom stereocenters. The first-order chi connectivity index (χ1) is 17.5. The Kier molecular flexibility index (Phi) is 9.03. The van der Waals surface area contributed by atoms with Crippen LogP contribution < -0.4 is 5.32 Å². The van der Waals surface area contributed by atoms with Crippen LogP contribution in [0.3, 0.4) is 0 Å². The molecule has 0 aliphatic heterocycles. The van der Waals surface area contributed by atoms with Crippen LogP contribution in [0.4, 0.5) is 5.00 Å². The van der Waals surface area contributed by atoms with Crippen LogP contribution in [0.1, 0.15) is 64.3 Å². The lowest BCUT2D eigenvalue weighted by Crippen LogP contribution is -2.17. The molecule has 1 amide bonds. The number of fused-ring (bicyclic) bond motifs is 1. The molecule has 0 bridgehead atoms. The predicted molar refractivity (Wildman–Crippen MR) is 149 cm³/mol. The van der Waals surface area contributed by atoms with Gasteiger partial charge >= 0.3 is 5.97 Å². The van der Waals surface area contributed by atoms with E-state index in [1.807, 2.05) is 10.6 Å². The lowest BCUT2D eigenvalue weighted by Gasteiger charge is -2.10. The Morgan fingerprint density at radius 2 is 2.06 bits per heavy atom. The van der Waals surface area contributed by atoms with E-state index in [9.17, 15) is 9.59 Å². The summed E-state index contributed by atoms with van der Waals surface area (Å²) in [5.74, 6) is 0.416. The number of rotatable bonds is 10. The van der Waals surface area contributed by atoms with E-state index in [4.69, 9.17) is 4.74 Å². The first-order valence-electron chi connectivity index (χ1n) is 12.3. The molecule has 1 aliphatic rings. The summed E-state index contributed by atoms with van der Waals surface area (Å²) in [7, 11) is 0. The van der Waals surface area contributed by atoms with E-state index in [0.717, 1.165) is 55.5 Å². The lowest BCUT2D eigenvalue weighted by atomic mass is 10.1. The maximum atomic E-state index is 13.0. The average molecular weight is 545 g/mol. The average Bonchev–Trinajstić information content (AvgIpc) is 3.47. The first-order valence-corrected chi connectivity index (χ1v) is 15.0. The van der Waals surface area contributed by atoms with Gasteiger partial charge in [0.25, 0.3) is 0 Å². The molecule has 192 valence electrons. The molecule has 3 aromatic heterocycles. The minimum absolute atomic E-state index is 0.156. The maximum absolute atomic E-state index is 13.0. The fourth-order valence-electron chi connectivity index (χ4n) is 4.54. The third-order valence-corrected chi connectivity index (χ3v) is 9.34. The molecule has 7 nitrogen and oxygen atoms in total. The van der Waals surface area contributed by atoms with Crippen LogP contribution in [0.25, 0.3) is 11.4 Å². The van der Waals surface area contributed by atoms with Gasteiger partial charge in [0.1, 0.15) is 5.00 Å². The fourth-order valence-corrected chi connectivity index (χ4v) is 7.52. The number of allylic oxidation sites excluding steroid dienone is 1. The van der Waals surface area contributed by atoms with Gasteiger partial charge in [0, 0.05) is 27.2 Å². The van der Waals surface area contributed by atoms with Gasteiger partial charge < -0.3 is 10.1 Å². The van der Waals surface area contributed by atoms with Gasteiger partial charge in [-0.2, -0.15) is 0 Å². The number of nitrogens with zero attached hydrogens (tertiary/aromatic N) is 3. The highest BCUT2D eigenvalue weighted by molar-refractivity contribution is 7.99. The summed E-state index contributed by atoms with van der Waals surface area (Å²) < 4.78 is 7.34. The van der Waals surface area contributed by atoms with E-state index < -0.39 is 0 Å². The van der Waals surface area contributed by atoms with E-state index in [-0.39, 0.29) is 17.6 Å². The van der Waals surface area contributed by atoms with Crippen molar-refractivity contribution in [2.24, 2.45) is 0 Å². The van der Waals surface area contributed by atoms with Gasteiger partial charge in [0.2, 0.25) is 5.91 Å². The third-order valence-electron chi connectivity index (χ3n) is 6.21. The number of ether oxygens (including phenoxy) is 1. The van der Waals surface area contributed by atoms with Gasteiger partial charge in [0.15, 0.2) is 11.0 Å². The Morgan fingerprint density at radius 1 is 1.25 bits per heavy atom. The van der Waals surface area contributed by atoms with Crippen molar-refractivity contribution in [3.05, 3.63) is 44.5 Å². The molecule has 3 heterocycles. The zero-order valence-electron chi connectivity index (χ0n) is 21.0. The van der Waals surface area contributed by atoms with Crippen LogP contribution >= 0.6 is 34.4 Å². The molecule has 0 radical (unpaired) electrons. The second kappa shape index (κ2) is 12.2. The van der Waals surface area contributed by atoms with Gasteiger partial charge in [-0.3, -0.25) is 9.36 Å². The van der Waals surface area contributed by atoms with E-state index in [2.05, 4.69) is 41.3 Å². The van der Waals surface area contributed by atoms with Gasteiger partial charge in [-0.1, -0.05) is 31.2 Å². The second-order valence-corrected chi connectivity index (χ2v) is 11.7. The summed E-state index contributed by atoms with van der Waals surface area (Å²) in [6.45, 7) is 10.8. The Labute approximate surface area is 224 Å². The summed E-state index contributed by atoms with van der Waals surface area (Å²) in [5, 5.41) is 15.2. The highest BCUT2D eigenvalue weighted by Gasteiger charge is 2.27. The predicted octanol–water partition coefficient (Wildman–Crippen LogP) is 6.30. The number of carbonyl (C=O) groups excluding carboxylic acids is 2. The molecule has 0 spiro atoms. The Bertz CT molecular complexity index is 1260. The van der Waals surface area contributed by atoms with Crippen molar-refractivity contribution < 1.29 is 14.3 Å². The minimum Gasteiger partial charge on any atom is -0.462 e. The number of aryl methyl sites for hydroxylation is 2. The standard InChI is InChI=1S/C26H32N4O3S3/c1-5-13-30-23(19-14-34-16(4)17(19)6-2)28-29-26(30)35-15-21(31)27-24-22(25(32)33-7-3)18-11-9-8-10-12-20(18)36-24/h5,14H,1,6-13,15H2,2-4H3,(H,27,31). The monoisotopic (exact) mass is 544 g/mol. The molecule has 1 N–H and O–H groups in total. The third kappa shape index (κ3) is 5.60. The highest BCUT2D eigenvalue weighted by Crippen LogP contribution is 2.38. The first kappa shape index (κ1) is 26.6. The van der Waals surface area contributed by atoms with Crippen LogP contribution in [0.15, 0.2) is 23.2 Å². The molecular formula is C26H32N4O3S3. The number of anilines is 1. The molecule has 10 heteroatoms. The molecular weight excluding hydrogens is 513 g/mol. The molecule has 0 aromatic carbocycles. The molecule has 0 saturated heterocycles. The summed E-state index contributed by atoms with van der Waals surface area (Å²) in [5.41, 5.74) is 3.95. The minimum atomic E-state index is -0.354. The SMILES string of the molecule is C=CCn1c(SCC(=O)Nc2sc3c(c2C(=O)OCC)CCCCC3)nnc1-c1csc(C)c1CC. The molecule has 36 heavy (non-hydrogen) atoms. The number of carbonyl (C=O) groups is 2. The van der Waals surface area contributed by atoms with Gasteiger partial charge in [0.05, 0.1) is 17.9 Å². The highest BCUT2D eigenvalue weighted by atomic mass is 32.2. The zero-order chi connectivity index (χ0) is 25.7. The molecule has 3 aromatic rings. The quantitative estimate of drug-likeness (QED) is 0.139. The normalized spacial score (nSPS) is 13.2. The summed E-state index contributed by atoms with van der Waals surface area (Å²) in [6, 6.07) is 0. The Balaban J connectivity index is 1.52. The largest absolute Gasteiger partial charge is 0.462 e. The molecule has 0 unspecified atom stereocenters. The number of thiophene rings is 2. The summed E-state index contributed by atoms with van der Waals surface area (Å²) in [6.07, 6.45) is 7.82. The molecule has 1 aliphatic carbocycles. The maximum Gasteiger partial charge on any atom is 0.341 e. The number of esters is 1. The van der Waals surface area contributed by atoms with Crippen LogP contribution in [0, 0.1) is 6.92 Å². The van der Waals surface area contributed by atoms with Crippen molar-refractivity contribution in [3.8, 4) is 11.4 Å². The van der Waals surface area contributed by atoms with Crippen molar-refractivity contribution in [1.82, 2.24) is 14.8 Å². The summed E-state index contributed by atoms with van der Waals surface area (Å²) >= 11 is 4.56. The fraction of sp³-hybridized carbons (Fsp3) is 0.462. The van der Waals surface area contributed by atoms with Gasteiger partial charge in [-0.25, -0.2) is 4.79 Å². The zero-order valence-corrected chi connectivity index (χ0v) is 23.5. The summed E-state index contributed by atoms with van der Waals surface area (Å²) in [4.78, 5) is 28.2. The lowest BCUT2D eigenvalue weighted by molar-refractivity contribution is -0.113. The number of aromatic nitrogens is 3. The second-order valence-electron chi connectivity index (χ2n) is 8.57. The number of amides is 1. The topological polar surface area (TPSA) is 86.1 Å². The number of nitrogens with one attached hydrogen (secondary N) is 1. The van der Waals surface area contributed by atoms with Crippen molar-refractivity contribution >= 4 is 51.3 Å². The van der Waals surface area contributed by atoms with E-state index in [1.165, 1.54) is 38.4 Å². The van der Waals surface area contributed by atoms with Crippen molar-refractivity contribution in [2.75, 3.05) is 17.7 Å². The molecule has 0 saturated carbocycles. The van der Waals surface area contributed by atoms with Crippen LogP contribution in [-0.2, 0) is 35.3 Å². The van der Waals surface area contributed by atoms with Crippen LogP contribution in [0.2, 0.25) is 0 Å². The number of hydrogen-bond donors (Lipinski definition) is 1. The smallest absolute Gasteiger partial charge is 0.341 e. The van der Waals surface area contributed by atoms with E-state index >= 15 is 0 Å². The Hall–Kier alpha value is -2.43. The number of thioether (sulfide) groups is 1. The van der Waals surface area contributed by atoms with Gasteiger partial charge in [-0.15, -0.1) is 39.4 Å². The van der Waals surface area contributed by atoms with Crippen LogP contribution in [-0.4, -0.2) is 39.0 Å². The molecule has 4 rings (SSSR count). The van der Waals surface area contributed by atoms with Crippen molar-refractivity contribution in [2.45, 2.75) is 71.0 Å². The Morgan fingerprint density at radius 3 is 2.81 bits per heavy atom. The van der Waals surface area contributed by atoms with Crippen LogP contribution in [0.5, 0.6) is 0 Å². The van der Waals surface area contributed by atoms with Crippen molar-refractivity contribution in [3.63, 3.8) is 0 Å².